The minimum Gasteiger partial charge on any atom is -0.383 e. The molecule has 2 rings (SSSR count). The summed E-state index contributed by atoms with van der Waals surface area (Å²) in [5, 5.41) is 3.03. The molecule has 1 saturated heterocycles. The molecule has 6 heteroatoms. The van der Waals surface area contributed by atoms with E-state index in [1.807, 2.05) is 30.3 Å². The van der Waals surface area contributed by atoms with Gasteiger partial charge in [-0.25, -0.2) is 0 Å². The Labute approximate surface area is 149 Å². The molecule has 2 amide bonds. The normalized spacial score (nSPS) is 21.9. The second kappa shape index (κ2) is 9.53. The van der Waals surface area contributed by atoms with Crippen molar-refractivity contribution in [3.05, 3.63) is 35.9 Å². The third kappa shape index (κ3) is 5.03. The van der Waals surface area contributed by atoms with Crippen LogP contribution in [0.2, 0.25) is 0 Å². The van der Waals surface area contributed by atoms with Crippen LogP contribution in [-0.4, -0.2) is 56.2 Å². The molecule has 0 radical (unpaired) electrons. The smallest absolute Gasteiger partial charge is 0.251 e. The molecular formula is C19H28N2O4. The Morgan fingerprint density at radius 3 is 2.76 bits per heavy atom. The largest absolute Gasteiger partial charge is 0.383 e. The number of hydrogen-bond donors (Lipinski definition) is 1. The van der Waals surface area contributed by atoms with Gasteiger partial charge in [-0.2, -0.15) is 0 Å². The van der Waals surface area contributed by atoms with Crippen LogP contribution < -0.4 is 5.32 Å². The summed E-state index contributed by atoms with van der Waals surface area (Å²) in [6.07, 6.45) is 2.19. The van der Waals surface area contributed by atoms with Crippen molar-refractivity contribution in [1.29, 1.82) is 0 Å². The SMILES string of the molecule is CCCCC(COC)NC(=O)C1OCC(=O)N(C)C1c1ccccc1. The predicted octanol–water partition coefficient (Wildman–Crippen LogP) is 1.91. The van der Waals surface area contributed by atoms with Crippen molar-refractivity contribution in [2.75, 3.05) is 27.4 Å². The van der Waals surface area contributed by atoms with Crippen molar-refractivity contribution >= 4 is 11.8 Å². The molecule has 1 aromatic carbocycles. The topological polar surface area (TPSA) is 67.9 Å². The highest BCUT2D eigenvalue weighted by atomic mass is 16.5. The molecule has 0 aromatic heterocycles. The van der Waals surface area contributed by atoms with Crippen LogP contribution in [0.25, 0.3) is 0 Å². The van der Waals surface area contributed by atoms with Gasteiger partial charge in [-0.1, -0.05) is 50.1 Å². The molecule has 1 N–H and O–H groups in total. The van der Waals surface area contributed by atoms with Crippen LogP contribution >= 0.6 is 0 Å². The molecule has 6 nitrogen and oxygen atoms in total. The monoisotopic (exact) mass is 348 g/mol. The van der Waals surface area contributed by atoms with E-state index in [2.05, 4.69) is 12.2 Å². The Kier molecular flexibility index (Phi) is 7.40. The number of amides is 2. The van der Waals surface area contributed by atoms with Crippen molar-refractivity contribution in [3.8, 4) is 0 Å². The van der Waals surface area contributed by atoms with Crippen molar-refractivity contribution in [2.45, 2.75) is 44.4 Å². The van der Waals surface area contributed by atoms with Gasteiger partial charge in [0.05, 0.1) is 18.7 Å². The zero-order valence-corrected chi connectivity index (χ0v) is 15.2. The van der Waals surface area contributed by atoms with E-state index in [4.69, 9.17) is 9.47 Å². The number of morpholine rings is 1. The van der Waals surface area contributed by atoms with E-state index in [1.54, 1.807) is 19.1 Å². The Hall–Kier alpha value is -1.92. The summed E-state index contributed by atoms with van der Waals surface area (Å²) in [7, 11) is 3.34. The van der Waals surface area contributed by atoms with E-state index in [-0.39, 0.29) is 24.5 Å². The maximum absolute atomic E-state index is 12.9. The van der Waals surface area contributed by atoms with Gasteiger partial charge in [0.2, 0.25) is 5.91 Å². The number of carbonyl (C=O) groups excluding carboxylic acids is 2. The van der Waals surface area contributed by atoms with Gasteiger partial charge in [0.25, 0.3) is 5.91 Å². The number of nitrogens with one attached hydrogen (secondary N) is 1. The summed E-state index contributed by atoms with van der Waals surface area (Å²) >= 11 is 0. The second-order valence-electron chi connectivity index (χ2n) is 6.39. The number of ether oxygens (including phenoxy) is 2. The molecule has 25 heavy (non-hydrogen) atoms. The Balaban J connectivity index is 2.15. The second-order valence-corrected chi connectivity index (χ2v) is 6.39. The summed E-state index contributed by atoms with van der Waals surface area (Å²) in [5.74, 6) is -0.330. The fourth-order valence-electron chi connectivity index (χ4n) is 3.11. The van der Waals surface area contributed by atoms with E-state index in [0.29, 0.717) is 6.61 Å². The van der Waals surface area contributed by atoms with Crippen LogP contribution in [0.5, 0.6) is 0 Å². The Morgan fingerprint density at radius 2 is 2.12 bits per heavy atom. The number of hydrogen-bond acceptors (Lipinski definition) is 4. The minimum atomic E-state index is -0.730. The van der Waals surface area contributed by atoms with Crippen LogP contribution in [-0.2, 0) is 19.1 Å². The zero-order chi connectivity index (χ0) is 18.2. The highest BCUT2D eigenvalue weighted by molar-refractivity contribution is 5.86. The van der Waals surface area contributed by atoms with Crippen molar-refractivity contribution in [2.24, 2.45) is 0 Å². The average molecular weight is 348 g/mol. The average Bonchev–Trinajstić information content (AvgIpc) is 2.62. The van der Waals surface area contributed by atoms with Crippen molar-refractivity contribution in [3.63, 3.8) is 0 Å². The summed E-state index contributed by atoms with van der Waals surface area (Å²) in [6.45, 7) is 2.49. The quantitative estimate of drug-likeness (QED) is 0.779. The molecule has 1 fully saturated rings. The molecule has 0 spiro atoms. The van der Waals surface area contributed by atoms with E-state index in [0.717, 1.165) is 24.8 Å². The first-order valence-electron chi connectivity index (χ1n) is 8.80. The third-order valence-corrected chi connectivity index (χ3v) is 4.50. The fraction of sp³-hybridized carbons (Fsp3) is 0.579. The molecule has 1 heterocycles. The molecule has 138 valence electrons. The highest BCUT2D eigenvalue weighted by Crippen LogP contribution is 2.29. The lowest BCUT2D eigenvalue weighted by Crippen LogP contribution is -2.54. The first-order valence-corrected chi connectivity index (χ1v) is 8.80. The van der Waals surface area contributed by atoms with Gasteiger partial charge in [-0.3, -0.25) is 9.59 Å². The fourth-order valence-corrected chi connectivity index (χ4v) is 3.11. The van der Waals surface area contributed by atoms with E-state index >= 15 is 0 Å². The van der Waals surface area contributed by atoms with Gasteiger partial charge in [-0.05, 0) is 12.0 Å². The van der Waals surface area contributed by atoms with Crippen LogP contribution in [0.15, 0.2) is 30.3 Å². The van der Waals surface area contributed by atoms with Crippen LogP contribution in [0.1, 0.15) is 37.8 Å². The first-order chi connectivity index (χ1) is 12.1. The number of benzene rings is 1. The lowest BCUT2D eigenvalue weighted by atomic mass is 9.97. The summed E-state index contributed by atoms with van der Waals surface area (Å²) in [5.41, 5.74) is 0.884. The lowest BCUT2D eigenvalue weighted by molar-refractivity contribution is -0.162. The standard InChI is InChI=1S/C19H28N2O4/c1-4-5-11-15(12-24-3)20-19(23)18-17(14-9-7-6-8-10-14)21(2)16(22)13-25-18/h6-10,15,17-18H,4-5,11-13H2,1-3H3,(H,20,23). The number of rotatable bonds is 8. The first kappa shape index (κ1) is 19.4. The van der Waals surface area contributed by atoms with Crippen molar-refractivity contribution in [1.82, 2.24) is 10.2 Å². The minimum absolute atomic E-state index is 0.0552. The van der Waals surface area contributed by atoms with Gasteiger partial charge >= 0.3 is 0 Å². The van der Waals surface area contributed by atoms with E-state index < -0.39 is 12.1 Å². The number of methoxy groups -OCH3 is 1. The number of nitrogens with zero attached hydrogens (tertiary/aromatic N) is 1. The molecular weight excluding hydrogens is 320 g/mol. The van der Waals surface area contributed by atoms with Crippen molar-refractivity contribution < 1.29 is 19.1 Å². The molecule has 1 aliphatic heterocycles. The van der Waals surface area contributed by atoms with Crippen LogP contribution in [0, 0.1) is 0 Å². The van der Waals surface area contributed by atoms with E-state index in [1.165, 1.54) is 0 Å². The predicted molar refractivity (Wildman–Crippen MR) is 95.0 cm³/mol. The number of carbonyl (C=O) groups is 2. The van der Waals surface area contributed by atoms with Gasteiger partial charge in [0.15, 0.2) is 6.10 Å². The van der Waals surface area contributed by atoms with Gasteiger partial charge in [0.1, 0.15) is 6.61 Å². The summed E-state index contributed by atoms with van der Waals surface area (Å²) in [6, 6.07) is 9.03. The lowest BCUT2D eigenvalue weighted by Gasteiger charge is -2.38. The number of unbranched alkanes of at least 4 members (excludes halogenated alkanes) is 1. The molecule has 1 aliphatic rings. The van der Waals surface area contributed by atoms with Gasteiger partial charge in [-0.15, -0.1) is 0 Å². The Morgan fingerprint density at radius 1 is 1.40 bits per heavy atom. The highest BCUT2D eigenvalue weighted by Gasteiger charge is 2.40. The molecule has 0 saturated carbocycles. The van der Waals surface area contributed by atoms with E-state index in [9.17, 15) is 9.59 Å². The molecule has 0 aliphatic carbocycles. The molecule has 3 unspecified atom stereocenters. The van der Waals surface area contributed by atoms with Crippen LogP contribution in [0.3, 0.4) is 0 Å². The number of likely N-dealkylation sites (N-methyl/N-ethyl adjacent to an activating group) is 1. The van der Waals surface area contributed by atoms with Crippen LogP contribution in [0.4, 0.5) is 0 Å². The molecule has 3 atom stereocenters. The Bertz CT molecular complexity index is 564. The van der Waals surface area contributed by atoms with Gasteiger partial charge < -0.3 is 19.7 Å². The zero-order valence-electron chi connectivity index (χ0n) is 15.2. The maximum atomic E-state index is 12.9. The maximum Gasteiger partial charge on any atom is 0.251 e. The molecule has 0 bridgehead atoms. The third-order valence-electron chi connectivity index (χ3n) is 4.50. The summed E-state index contributed by atoms with van der Waals surface area (Å²) in [4.78, 5) is 26.5. The summed E-state index contributed by atoms with van der Waals surface area (Å²) < 4.78 is 10.8. The van der Waals surface area contributed by atoms with Gasteiger partial charge in [0, 0.05) is 14.2 Å². The molecule has 1 aromatic rings.